The van der Waals surface area contributed by atoms with Gasteiger partial charge < -0.3 is 4.74 Å². The Kier molecular flexibility index (Phi) is 4.77. The number of ether oxygens (including phenoxy) is 1. The number of halogens is 1. The Balaban J connectivity index is 2.47. The zero-order chi connectivity index (χ0) is 16.3. The van der Waals surface area contributed by atoms with Crippen LogP contribution < -0.4 is 10.1 Å². The first kappa shape index (κ1) is 16.0. The molecule has 0 aromatic heterocycles. The predicted octanol–water partition coefficient (Wildman–Crippen LogP) is 2.11. The average Bonchev–Trinajstić information content (AvgIpc) is 2.48. The summed E-state index contributed by atoms with van der Waals surface area (Å²) in [5, 5.41) is 2.13. The number of benzene rings is 1. The molecule has 1 fully saturated rings. The van der Waals surface area contributed by atoms with Gasteiger partial charge in [0.1, 0.15) is 11.3 Å². The van der Waals surface area contributed by atoms with Crippen LogP contribution in [0, 0.1) is 0 Å². The van der Waals surface area contributed by atoms with Gasteiger partial charge in [-0.3, -0.25) is 19.8 Å². The Morgan fingerprint density at radius 2 is 2.09 bits per heavy atom. The third-order valence-electron chi connectivity index (χ3n) is 2.99. The largest absolute Gasteiger partial charge is 0.496 e. The van der Waals surface area contributed by atoms with Gasteiger partial charge in [-0.05, 0) is 24.3 Å². The van der Waals surface area contributed by atoms with Crippen molar-refractivity contribution in [2.24, 2.45) is 0 Å². The van der Waals surface area contributed by atoms with Crippen molar-refractivity contribution in [3.63, 3.8) is 0 Å². The third-order valence-corrected chi connectivity index (χ3v) is 3.48. The molecule has 1 aliphatic rings. The fourth-order valence-electron chi connectivity index (χ4n) is 1.96. The number of imide groups is 2. The molecule has 1 heterocycles. The Hall–Kier alpha value is -2.41. The maximum absolute atomic E-state index is 12.3. The number of carbonyl (C=O) groups is 3. The minimum Gasteiger partial charge on any atom is -0.496 e. The number of urea groups is 1. The van der Waals surface area contributed by atoms with Gasteiger partial charge >= 0.3 is 6.03 Å². The molecule has 1 saturated heterocycles. The third kappa shape index (κ3) is 3.09. The van der Waals surface area contributed by atoms with Crippen LogP contribution in [0.3, 0.4) is 0 Å². The van der Waals surface area contributed by atoms with Gasteiger partial charge in [0.05, 0.1) is 7.11 Å². The molecule has 1 N–H and O–H groups in total. The molecule has 2 rings (SSSR count). The molecule has 0 atom stereocenters. The van der Waals surface area contributed by atoms with Crippen LogP contribution in [-0.4, -0.2) is 36.4 Å². The van der Waals surface area contributed by atoms with Gasteiger partial charge in [0.15, 0.2) is 0 Å². The van der Waals surface area contributed by atoms with Crippen LogP contribution in [0.2, 0.25) is 0 Å². The zero-order valence-electron chi connectivity index (χ0n) is 11.8. The van der Waals surface area contributed by atoms with Gasteiger partial charge in [0.2, 0.25) is 0 Å². The molecule has 0 spiro atoms. The van der Waals surface area contributed by atoms with Gasteiger partial charge in [-0.25, -0.2) is 4.79 Å². The average molecular weight is 365 g/mol. The Morgan fingerprint density at radius 3 is 2.73 bits per heavy atom. The van der Waals surface area contributed by atoms with E-state index in [-0.39, 0.29) is 12.1 Å². The van der Waals surface area contributed by atoms with Gasteiger partial charge in [0.25, 0.3) is 11.8 Å². The monoisotopic (exact) mass is 364 g/mol. The molecule has 0 bridgehead atoms. The van der Waals surface area contributed by atoms with E-state index >= 15 is 0 Å². The lowest BCUT2D eigenvalue weighted by Crippen LogP contribution is -2.54. The number of nitrogens with zero attached hydrogens (tertiary/aromatic N) is 1. The number of hydrogen-bond acceptors (Lipinski definition) is 4. The van der Waals surface area contributed by atoms with Gasteiger partial charge in [-0.15, -0.1) is 6.58 Å². The fourth-order valence-corrected chi connectivity index (χ4v) is 2.34. The van der Waals surface area contributed by atoms with Crippen LogP contribution in [-0.2, 0) is 9.59 Å². The molecular weight excluding hydrogens is 352 g/mol. The van der Waals surface area contributed by atoms with Crippen molar-refractivity contribution in [2.75, 3.05) is 13.7 Å². The highest BCUT2D eigenvalue weighted by molar-refractivity contribution is 9.10. The molecule has 7 heteroatoms. The highest BCUT2D eigenvalue weighted by Gasteiger charge is 2.35. The lowest BCUT2D eigenvalue weighted by Gasteiger charge is -2.25. The maximum Gasteiger partial charge on any atom is 0.331 e. The Labute approximate surface area is 135 Å². The van der Waals surface area contributed by atoms with Crippen molar-refractivity contribution in [1.82, 2.24) is 10.2 Å². The van der Waals surface area contributed by atoms with E-state index in [4.69, 9.17) is 4.74 Å². The highest BCUT2D eigenvalue weighted by Crippen LogP contribution is 2.26. The second-order valence-electron chi connectivity index (χ2n) is 4.41. The summed E-state index contributed by atoms with van der Waals surface area (Å²) >= 11 is 3.32. The summed E-state index contributed by atoms with van der Waals surface area (Å²) in [5.74, 6) is -0.906. The summed E-state index contributed by atoms with van der Waals surface area (Å²) < 4.78 is 5.97. The van der Waals surface area contributed by atoms with Crippen molar-refractivity contribution in [2.45, 2.75) is 0 Å². The van der Waals surface area contributed by atoms with E-state index in [1.165, 1.54) is 19.3 Å². The summed E-state index contributed by atoms with van der Waals surface area (Å²) in [5.41, 5.74) is 0.404. The first-order valence-corrected chi connectivity index (χ1v) is 7.10. The number of nitrogens with one attached hydrogen (secondary N) is 1. The summed E-state index contributed by atoms with van der Waals surface area (Å²) in [4.78, 5) is 36.8. The molecule has 6 nitrogen and oxygen atoms in total. The predicted molar refractivity (Wildman–Crippen MR) is 84.1 cm³/mol. The topological polar surface area (TPSA) is 75.7 Å². The number of methoxy groups -OCH3 is 1. The van der Waals surface area contributed by atoms with Gasteiger partial charge in [0, 0.05) is 16.6 Å². The van der Waals surface area contributed by atoms with Crippen molar-refractivity contribution >= 4 is 39.9 Å². The summed E-state index contributed by atoms with van der Waals surface area (Å²) in [6.07, 6.45) is 2.80. The lowest BCUT2D eigenvalue weighted by molar-refractivity contribution is -0.129. The van der Waals surface area contributed by atoms with E-state index in [9.17, 15) is 14.4 Å². The van der Waals surface area contributed by atoms with E-state index in [1.54, 1.807) is 18.2 Å². The van der Waals surface area contributed by atoms with E-state index in [0.29, 0.717) is 11.3 Å². The molecular formula is C15H13BrN2O4. The van der Waals surface area contributed by atoms with E-state index in [2.05, 4.69) is 27.8 Å². The molecule has 4 amide bonds. The first-order chi connectivity index (χ1) is 10.5. The number of carbonyl (C=O) groups excluding carboxylic acids is 3. The minimum atomic E-state index is -0.756. The minimum absolute atomic E-state index is 0.0188. The summed E-state index contributed by atoms with van der Waals surface area (Å²) in [6, 6.07) is 4.43. The van der Waals surface area contributed by atoms with Crippen LogP contribution in [0.5, 0.6) is 5.75 Å². The van der Waals surface area contributed by atoms with Gasteiger partial charge in [-0.2, -0.15) is 0 Å². The van der Waals surface area contributed by atoms with Crippen molar-refractivity contribution in [3.8, 4) is 5.75 Å². The van der Waals surface area contributed by atoms with Crippen molar-refractivity contribution in [3.05, 3.63) is 46.5 Å². The lowest BCUT2D eigenvalue weighted by atomic mass is 10.1. The summed E-state index contributed by atoms with van der Waals surface area (Å²) in [7, 11) is 1.49. The molecule has 0 aliphatic carbocycles. The second-order valence-corrected chi connectivity index (χ2v) is 5.32. The molecule has 0 unspecified atom stereocenters. The normalized spacial score (nSPS) is 16.7. The highest BCUT2D eigenvalue weighted by atomic mass is 79.9. The van der Waals surface area contributed by atoms with Crippen LogP contribution in [0.15, 0.2) is 40.9 Å². The first-order valence-electron chi connectivity index (χ1n) is 6.31. The number of hydrogen-bond donors (Lipinski definition) is 1. The van der Waals surface area contributed by atoms with Crippen molar-refractivity contribution < 1.29 is 19.1 Å². The molecule has 1 aromatic carbocycles. The Morgan fingerprint density at radius 1 is 1.36 bits per heavy atom. The van der Waals surface area contributed by atoms with Crippen molar-refractivity contribution in [1.29, 1.82) is 0 Å². The molecule has 0 radical (unpaired) electrons. The smallest absolute Gasteiger partial charge is 0.331 e. The van der Waals surface area contributed by atoms with Crippen LogP contribution in [0.4, 0.5) is 4.79 Å². The van der Waals surface area contributed by atoms with E-state index in [0.717, 1.165) is 9.37 Å². The zero-order valence-corrected chi connectivity index (χ0v) is 13.3. The molecule has 0 saturated carbocycles. The molecule has 22 heavy (non-hydrogen) atoms. The van der Waals surface area contributed by atoms with E-state index in [1.807, 2.05) is 0 Å². The van der Waals surface area contributed by atoms with Crippen LogP contribution >= 0.6 is 15.9 Å². The van der Waals surface area contributed by atoms with E-state index < -0.39 is 17.8 Å². The second kappa shape index (κ2) is 6.57. The summed E-state index contributed by atoms with van der Waals surface area (Å²) in [6.45, 7) is 3.50. The SMILES string of the molecule is C=CCN1C(=O)NC(=O)/C(=C/c2cc(Br)ccc2OC)C1=O. The van der Waals surface area contributed by atoms with Gasteiger partial charge in [-0.1, -0.05) is 22.0 Å². The van der Waals surface area contributed by atoms with Crippen LogP contribution in [0.25, 0.3) is 6.08 Å². The quantitative estimate of drug-likeness (QED) is 0.504. The fraction of sp³-hybridized carbons (Fsp3) is 0.133. The standard InChI is InChI=1S/C15H13BrN2O4/c1-3-6-18-14(20)11(13(19)17-15(18)21)8-9-7-10(16)4-5-12(9)22-2/h3-5,7-8H,1,6H2,2H3,(H,17,19,21)/b11-8-. The van der Waals surface area contributed by atoms with Crippen LogP contribution in [0.1, 0.15) is 5.56 Å². The number of rotatable bonds is 4. The Bertz CT molecular complexity index is 697. The molecule has 1 aromatic rings. The number of amides is 4. The number of barbiturate groups is 1. The molecule has 1 aliphatic heterocycles. The maximum atomic E-state index is 12.3. The molecule has 114 valence electrons.